The lowest BCUT2D eigenvalue weighted by molar-refractivity contribution is -0.0288. The maximum Gasteiger partial charge on any atom is 0.0269 e. The molecule has 13 heavy (non-hydrogen) atoms. The fourth-order valence-corrected chi connectivity index (χ4v) is 6.09. The van der Waals surface area contributed by atoms with Crippen molar-refractivity contribution in [3.8, 4) is 0 Å². The van der Waals surface area contributed by atoms with Gasteiger partial charge in [-0.15, -0.1) is 0 Å². The van der Waals surface area contributed by atoms with E-state index in [0.29, 0.717) is 9.74 Å². The van der Waals surface area contributed by atoms with E-state index in [1.165, 1.54) is 38.5 Å². The lowest BCUT2D eigenvalue weighted by atomic mass is 9.49. The Kier molecular flexibility index (Phi) is 1.69. The fraction of sp³-hybridized carbons (Fsp3) is 1.00. The van der Waals surface area contributed by atoms with Crippen LogP contribution in [0.1, 0.15) is 38.5 Å². The molecule has 0 aromatic heterocycles. The summed E-state index contributed by atoms with van der Waals surface area (Å²) in [7, 11) is 0. The van der Waals surface area contributed by atoms with Gasteiger partial charge in [0.2, 0.25) is 0 Å². The van der Waals surface area contributed by atoms with Gasteiger partial charge in [-0.2, -0.15) is 0 Å². The number of hydrogen-bond donors (Lipinski definition) is 1. The Morgan fingerprint density at radius 3 is 2.23 bits per heavy atom. The van der Waals surface area contributed by atoms with Crippen molar-refractivity contribution in [3.63, 3.8) is 0 Å². The molecule has 4 aliphatic rings. The van der Waals surface area contributed by atoms with Gasteiger partial charge in [0.15, 0.2) is 0 Å². The second-order valence-corrected chi connectivity index (χ2v) is 7.50. The third kappa shape index (κ3) is 1.21. The summed E-state index contributed by atoms with van der Waals surface area (Å²) in [6, 6.07) is 0. The summed E-state index contributed by atoms with van der Waals surface area (Å²) in [6.45, 7) is 0.924. The monoisotopic (exact) mass is 243 g/mol. The number of hydrogen-bond acceptors (Lipinski definition) is 1. The van der Waals surface area contributed by atoms with E-state index in [1.807, 2.05) is 0 Å². The van der Waals surface area contributed by atoms with Crippen LogP contribution >= 0.6 is 15.9 Å². The molecule has 0 aliphatic heterocycles. The Morgan fingerprint density at radius 2 is 1.77 bits per heavy atom. The molecule has 2 unspecified atom stereocenters. The third-order valence-electron chi connectivity index (χ3n) is 4.54. The van der Waals surface area contributed by atoms with E-state index in [-0.39, 0.29) is 0 Å². The highest BCUT2D eigenvalue weighted by Crippen LogP contribution is 2.63. The molecule has 4 bridgehead atoms. The topological polar surface area (TPSA) is 26.0 Å². The van der Waals surface area contributed by atoms with Crippen molar-refractivity contribution in [1.29, 1.82) is 0 Å². The third-order valence-corrected chi connectivity index (χ3v) is 5.47. The van der Waals surface area contributed by atoms with Gasteiger partial charge in [-0.05, 0) is 62.3 Å². The quantitative estimate of drug-likeness (QED) is 0.705. The van der Waals surface area contributed by atoms with Crippen LogP contribution in [0.15, 0.2) is 0 Å². The van der Waals surface area contributed by atoms with Crippen LogP contribution in [-0.4, -0.2) is 10.9 Å². The zero-order valence-electron chi connectivity index (χ0n) is 8.06. The van der Waals surface area contributed by atoms with E-state index in [4.69, 9.17) is 5.73 Å². The summed E-state index contributed by atoms with van der Waals surface area (Å²) in [4.78, 5) is 0. The minimum Gasteiger partial charge on any atom is -0.330 e. The number of nitrogens with two attached hydrogens (primary N) is 1. The van der Waals surface area contributed by atoms with Gasteiger partial charge in [0.05, 0.1) is 0 Å². The predicted molar refractivity (Wildman–Crippen MR) is 57.8 cm³/mol. The zero-order valence-corrected chi connectivity index (χ0v) is 9.65. The highest BCUT2D eigenvalue weighted by Gasteiger charge is 2.55. The van der Waals surface area contributed by atoms with Gasteiger partial charge >= 0.3 is 0 Å². The van der Waals surface area contributed by atoms with Crippen LogP contribution in [0.5, 0.6) is 0 Å². The van der Waals surface area contributed by atoms with Crippen molar-refractivity contribution >= 4 is 15.9 Å². The summed E-state index contributed by atoms with van der Waals surface area (Å²) in [5.41, 5.74) is 6.50. The summed E-state index contributed by atoms with van der Waals surface area (Å²) in [5, 5.41) is 0. The molecule has 1 nitrogen and oxygen atoms in total. The number of rotatable bonds is 1. The van der Waals surface area contributed by atoms with Crippen LogP contribution in [0, 0.1) is 17.3 Å². The second kappa shape index (κ2) is 2.52. The van der Waals surface area contributed by atoms with Crippen molar-refractivity contribution in [1.82, 2.24) is 0 Å². The number of alkyl halides is 1. The van der Waals surface area contributed by atoms with Crippen molar-refractivity contribution in [2.75, 3.05) is 6.54 Å². The molecule has 0 amide bonds. The van der Waals surface area contributed by atoms with Crippen molar-refractivity contribution in [2.45, 2.75) is 42.8 Å². The van der Waals surface area contributed by atoms with E-state index >= 15 is 0 Å². The van der Waals surface area contributed by atoms with Crippen LogP contribution in [0.4, 0.5) is 0 Å². The molecule has 0 spiro atoms. The summed E-state index contributed by atoms with van der Waals surface area (Å²) in [5.74, 6) is 1.98. The van der Waals surface area contributed by atoms with Gasteiger partial charge in [0.25, 0.3) is 0 Å². The number of halogens is 1. The lowest BCUT2D eigenvalue weighted by Gasteiger charge is -2.60. The van der Waals surface area contributed by atoms with Gasteiger partial charge in [-0.25, -0.2) is 0 Å². The highest BCUT2D eigenvalue weighted by atomic mass is 79.9. The zero-order chi connectivity index (χ0) is 9.10. The molecule has 4 rings (SSSR count). The summed E-state index contributed by atoms with van der Waals surface area (Å²) < 4.78 is 0.496. The summed E-state index contributed by atoms with van der Waals surface area (Å²) in [6.07, 6.45) is 8.54. The highest BCUT2D eigenvalue weighted by molar-refractivity contribution is 9.10. The first-order chi connectivity index (χ1) is 6.13. The average molecular weight is 244 g/mol. The van der Waals surface area contributed by atoms with E-state index in [9.17, 15) is 0 Å². The van der Waals surface area contributed by atoms with Gasteiger partial charge in [-0.3, -0.25) is 0 Å². The molecule has 2 heteroatoms. The van der Waals surface area contributed by atoms with Crippen molar-refractivity contribution in [2.24, 2.45) is 23.0 Å². The van der Waals surface area contributed by atoms with E-state index in [1.54, 1.807) is 0 Å². The molecule has 4 fully saturated rings. The smallest absolute Gasteiger partial charge is 0.0269 e. The molecule has 74 valence electrons. The summed E-state index contributed by atoms with van der Waals surface area (Å²) >= 11 is 3.98. The molecule has 0 heterocycles. The van der Waals surface area contributed by atoms with E-state index in [2.05, 4.69) is 15.9 Å². The molecule has 0 aromatic rings. The molecule has 0 aromatic carbocycles. The molecule has 0 radical (unpaired) electrons. The second-order valence-electron chi connectivity index (χ2n) is 5.82. The average Bonchev–Trinajstić information content (AvgIpc) is 1.99. The molecule has 4 saturated carbocycles. The largest absolute Gasteiger partial charge is 0.330 e. The van der Waals surface area contributed by atoms with Crippen LogP contribution in [-0.2, 0) is 0 Å². The predicted octanol–water partition coefficient (Wildman–Crippen LogP) is 2.68. The van der Waals surface area contributed by atoms with Gasteiger partial charge in [-0.1, -0.05) is 15.9 Å². The Hall–Kier alpha value is 0.440. The normalized spacial score (nSPS) is 58.6. The molecule has 2 N–H and O–H groups in total. The van der Waals surface area contributed by atoms with Crippen molar-refractivity contribution in [3.05, 3.63) is 0 Å². The Bertz CT molecular complexity index is 224. The fourth-order valence-electron chi connectivity index (χ4n) is 4.57. The van der Waals surface area contributed by atoms with Gasteiger partial charge in [0.1, 0.15) is 0 Å². The van der Waals surface area contributed by atoms with Gasteiger partial charge < -0.3 is 5.73 Å². The van der Waals surface area contributed by atoms with E-state index < -0.39 is 0 Å². The maximum atomic E-state index is 5.97. The van der Waals surface area contributed by atoms with E-state index in [0.717, 1.165) is 18.4 Å². The molecule has 4 aliphatic carbocycles. The Labute approximate surface area is 88.6 Å². The Morgan fingerprint density at radius 1 is 1.15 bits per heavy atom. The first-order valence-corrected chi connectivity index (χ1v) is 6.31. The maximum absolute atomic E-state index is 5.97. The molecular weight excluding hydrogens is 226 g/mol. The Balaban J connectivity index is 1.95. The molecule has 0 saturated heterocycles. The first kappa shape index (κ1) is 8.72. The van der Waals surface area contributed by atoms with Crippen LogP contribution in [0.3, 0.4) is 0 Å². The van der Waals surface area contributed by atoms with Crippen LogP contribution in [0.2, 0.25) is 0 Å². The minimum atomic E-state index is 0.496. The standard InChI is InChI=1S/C11H18BrN/c12-11-4-8-1-9(5-11)3-10(2-8,6-11)7-13/h8-9H,1-7,13H2. The SMILES string of the molecule is NCC12CC3CC(CC(Br)(C3)C1)C2. The molecule has 2 atom stereocenters. The van der Waals surface area contributed by atoms with Crippen LogP contribution in [0.25, 0.3) is 0 Å². The molecular formula is C11H18BrN. The first-order valence-electron chi connectivity index (χ1n) is 5.52. The van der Waals surface area contributed by atoms with Gasteiger partial charge in [0, 0.05) is 4.32 Å². The van der Waals surface area contributed by atoms with Crippen LogP contribution < -0.4 is 5.73 Å². The minimum absolute atomic E-state index is 0.496. The lowest BCUT2D eigenvalue weighted by Crippen LogP contribution is -2.55. The van der Waals surface area contributed by atoms with Crippen molar-refractivity contribution < 1.29 is 0 Å².